The maximum Gasteiger partial charge on any atom is 0.418 e. The first-order valence-corrected chi connectivity index (χ1v) is 10.8. The maximum atomic E-state index is 13.3. The Bertz CT molecular complexity index is 1340. The molecule has 0 unspecified atom stereocenters. The van der Waals surface area contributed by atoms with Crippen LogP contribution in [0.3, 0.4) is 0 Å². The molecule has 0 aliphatic carbocycles. The van der Waals surface area contributed by atoms with Crippen molar-refractivity contribution in [2.75, 3.05) is 11.0 Å². The lowest BCUT2D eigenvalue weighted by Crippen LogP contribution is -2.12. The molecule has 0 amide bonds. The Morgan fingerprint density at radius 3 is 2.44 bits per heavy atom. The summed E-state index contributed by atoms with van der Waals surface area (Å²) in [5.41, 5.74) is -0.198. The number of aryl methyl sites for hydroxylation is 2. The smallest absolute Gasteiger partial charge is 0.418 e. The average molecular weight is 463 g/mol. The molecule has 0 fully saturated rings. The van der Waals surface area contributed by atoms with Crippen molar-refractivity contribution in [1.82, 2.24) is 15.0 Å². The van der Waals surface area contributed by atoms with Crippen LogP contribution in [0, 0.1) is 25.2 Å². The van der Waals surface area contributed by atoms with Gasteiger partial charge in [-0.25, -0.2) is 13.4 Å². The number of halogens is 3. The van der Waals surface area contributed by atoms with Crippen LogP contribution in [-0.2, 0) is 16.2 Å². The number of sulfonamides is 1. The van der Waals surface area contributed by atoms with Crippen LogP contribution in [-0.4, -0.2) is 29.6 Å². The Morgan fingerprint density at radius 1 is 1.09 bits per heavy atom. The van der Waals surface area contributed by atoms with Gasteiger partial charge >= 0.3 is 6.18 Å². The molecule has 3 aromatic rings. The molecule has 0 radical (unpaired) electrons. The number of anilines is 1. The summed E-state index contributed by atoms with van der Waals surface area (Å²) >= 11 is 0. The lowest BCUT2D eigenvalue weighted by Gasteiger charge is -2.16. The zero-order valence-corrected chi connectivity index (χ0v) is 17.8. The second-order valence-electron chi connectivity index (χ2n) is 6.80. The summed E-state index contributed by atoms with van der Waals surface area (Å²) in [6, 6.07) is 7.03. The fraction of sp³-hybridized carbons (Fsp3) is 0.200. The lowest BCUT2D eigenvalue weighted by molar-refractivity contribution is -0.138. The number of aromatic nitrogens is 3. The van der Waals surface area contributed by atoms with Crippen molar-refractivity contribution in [3.8, 4) is 29.0 Å². The van der Waals surface area contributed by atoms with E-state index in [0.29, 0.717) is 5.56 Å². The molecule has 3 aromatic heterocycles. The number of nitrogens with zero attached hydrogens (tertiary/aromatic N) is 4. The number of hydrogen-bond donors (Lipinski definition) is 1. The zero-order chi connectivity index (χ0) is 23.7. The largest absolute Gasteiger partial charge is 0.435 e. The molecule has 0 atom stereocenters. The van der Waals surface area contributed by atoms with E-state index >= 15 is 0 Å². The number of pyridine rings is 3. The summed E-state index contributed by atoms with van der Waals surface area (Å²) < 4.78 is 71.3. The Morgan fingerprint density at radius 2 is 1.81 bits per heavy atom. The first kappa shape index (κ1) is 23.0. The van der Waals surface area contributed by atoms with Gasteiger partial charge in [-0.2, -0.15) is 18.4 Å². The number of hydrogen-bond acceptors (Lipinski definition) is 7. The predicted molar refractivity (Wildman–Crippen MR) is 109 cm³/mol. The second kappa shape index (κ2) is 8.43. The molecule has 0 spiro atoms. The van der Waals surface area contributed by atoms with Gasteiger partial charge in [0.15, 0.2) is 5.75 Å². The zero-order valence-electron chi connectivity index (χ0n) is 17.0. The normalized spacial score (nSPS) is 11.7. The summed E-state index contributed by atoms with van der Waals surface area (Å²) in [4.78, 5) is 12.1. The topological polar surface area (TPSA) is 118 Å². The highest BCUT2D eigenvalue weighted by Crippen LogP contribution is 2.37. The molecule has 32 heavy (non-hydrogen) atoms. The van der Waals surface area contributed by atoms with E-state index in [9.17, 15) is 21.6 Å². The van der Waals surface area contributed by atoms with Crippen LogP contribution in [0.1, 0.15) is 22.5 Å². The number of ether oxygens (including phenoxy) is 1. The first-order chi connectivity index (χ1) is 14.9. The van der Waals surface area contributed by atoms with E-state index in [4.69, 9.17) is 10.00 Å². The highest BCUT2D eigenvalue weighted by molar-refractivity contribution is 7.92. The molecule has 12 heteroatoms. The van der Waals surface area contributed by atoms with Gasteiger partial charge in [-0.05, 0) is 38.1 Å². The van der Waals surface area contributed by atoms with E-state index in [-0.39, 0.29) is 40.0 Å². The Kier molecular flexibility index (Phi) is 6.05. The number of rotatable bonds is 5. The van der Waals surface area contributed by atoms with Crippen LogP contribution in [0.5, 0.6) is 11.6 Å². The third kappa shape index (κ3) is 5.30. The maximum absolute atomic E-state index is 13.3. The highest BCUT2D eigenvalue weighted by atomic mass is 32.2. The van der Waals surface area contributed by atoms with E-state index in [1.807, 2.05) is 6.07 Å². The Labute approximate surface area is 181 Å². The molecule has 0 aromatic carbocycles. The van der Waals surface area contributed by atoms with E-state index in [1.54, 1.807) is 0 Å². The summed E-state index contributed by atoms with van der Waals surface area (Å²) in [6.07, 6.45) is -0.974. The predicted octanol–water partition coefficient (Wildman–Crippen LogP) is 4.21. The summed E-state index contributed by atoms with van der Waals surface area (Å²) in [6.45, 7) is 2.68. The highest BCUT2D eigenvalue weighted by Gasteiger charge is 2.34. The quantitative estimate of drug-likeness (QED) is 0.602. The first-order valence-electron chi connectivity index (χ1n) is 8.95. The fourth-order valence-corrected chi connectivity index (χ4v) is 3.35. The number of nitrogens with one attached hydrogen (secondary N) is 1. The van der Waals surface area contributed by atoms with Crippen LogP contribution < -0.4 is 9.46 Å². The van der Waals surface area contributed by atoms with Gasteiger partial charge in [0.05, 0.1) is 34.5 Å². The summed E-state index contributed by atoms with van der Waals surface area (Å²) in [5, 5.41) is 9.06. The van der Waals surface area contributed by atoms with E-state index in [0.717, 1.165) is 12.3 Å². The minimum Gasteiger partial charge on any atom is -0.435 e. The third-order valence-electron chi connectivity index (χ3n) is 4.19. The van der Waals surface area contributed by atoms with Crippen LogP contribution in [0.25, 0.3) is 11.3 Å². The van der Waals surface area contributed by atoms with Crippen molar-refractivity contribution in [3.05, 3.63) is 59.2 Å². The monoisotopic (exact) mass is 463 g/mol. The molecule has 0 aliphatic rings. The third-order valence-corrected chi connectivity index (χ3v) is 4.78. The van der Waals surface area contributed by atoms with E-state index < -0.39 is 21.8 Å². The van der Waals surface area contributed by atoms with Crippen LogP contribution in [0.4, 0.5) is 18.9 Å². The van der Waals surface area contributed by atoms with Gasteiger partial charge in [0.25, 0.3) is 0 Å². The minimum absolute atomic E-state index is 0.0887. The van der Waals surface area contributed by atoms with Gasteiger partial charge in [0, 0.05) is 18.0 Å². The second-order valence-corrected chi connectivity index (χ2v) is 8.55. The van der Waals surface area contributed by atoms with Crippen molar-refractivity contribution in [2.45, 2.75) is 20.0 Å². The van der Waals surface area contributed by atoms with Gasteiger partial charge in [-0.15, -0.1) is 0 Å². The van der Waals surface area contributed by atoms with Gasteiger partial charge in [-0.3, -0.25) is 14.7 Å². The fourth-order valence-electron chi connectivity index (χ4n) is 2.80. The molecule has 0 saturated heterocycles. The minimum atomic E-state index is -4.66. The summed E-state index contributed by atoms with van der Waals surface area (Å²) in [5.74, 6) is -0.537. The standard InChI is InChI=1S/C20H16F3N5O3S/c1-11-15(20(21,22)23)7-18(12(2)26-11)31-19-17(28-32(3,29)30)5-4-16(27-19)14-6-13(8-24)9-25-10-14/h4-7,9-10,28H,1-3H3. The molecular formula is C20H16F3N5O3S. The van der Waals surface area contributed by atoms with Crippen LogP contribution in [0.2, 0.25) is 0 Å². The Hall–Kier alpha value is -3.72. The van der Waals surface area contributed by atoms with Crippen molar-refractivity contribution < 1.29 is 26.3 Å². The summed E-state index contributed by atoms with van der Waals surface area (Å²) in [7, 11) is -3.75. The van der Waals surface area contributed by atoms with Crippen molar-refractivity contribution in [2.24, 2.45) is 0 Å². The van der Waals surface area contributed by atoms with Crippen LogP contribution in [0.15, 0.2) is 36.7 Å². The lowest BCUT2D eigenvalue weighted by atomic mass is 10.1. The number of alkyl halides is 3. The average Bonchev–Trinajstić information content (AvgIpc) is 2.69. The molecular weight excluding hydrogens is 447 g/mol. The van der Waals surface area contributed by atoms with Crippen molar-refractivity contribution in [1.29, 1.82) is 5.26 Å². The van der Waals surface area contributed by atoms with Gasteiger partial charge in [0.1, 0.15) is 11.8 Å². The molecule has 3 heterocycles. The molecule has 0 aliphatic heterocycles. The molecule has 8 nitrogen and oxygen atoms in total. The van der Waals surface area contributed by atoms with Gasteiger partial charge in [-0.1, -0.05) is 0 Å². The van der Waals surface area contributed by atoms with Crippen molar-refractivity contribution in [3.63, 3.8) is 0 Å². The number of nitriles is 1. The Balaban J connectivity index is 2.14. The molecule has 0 bridgehead atoms. The van der Waals surface area contributed by atoms with Crippen molar-refractivity contribution >= 4 is 15.7 Å². The van der Waals surface area contributed by atoms with Gasteiger partial charge < -0.3 is 4.74 Å². The van der Waals surface area contributed by atoms with E-state index in [1.165, 1.54) is 44.4 Å². The van der Waals surface area contributed by atoms with Gasteiger partial charge in [0.2, 0.25) is 15.9 Å². The molecule has 166 valence electrons. The SMILES string of the molecule is Cc1nc(C)c(C(F)(F)F)cc1Oc1nc(-c2cncc(C#N)c2)ccc1NS(C)(=O)=O. The van der Waals surface area contributed by atoms with E-state index in [2.05, 4.69) is 19.7 Å². The molecule has 1 N–H and O–H groups in total. The molecule has 3 rings (SSSR count). The van der Waals surface area contributed by atoms with Crippen LogP contribution >= 0.6 is 0 Å². The molecule has 0 saturated carbocycles.